The summed E-state index contributed by atoms with van der Waals surface area (Å²) in [6.07, 6.45) is 3.50. The molecule has 1 fully saturated rings. The highest BCUT2D eigenvalue weighted by Crippen LogP contribution is 2.38. The van der Waals surface area contributed by atoms with E-state index in [0.29, 0.717) is 6.61 Å². The molecule has 1 saturated carbocycles. The minimum Gasteiger partial charge on any atom is -0.407 e. The molecule has 0 saturated heterocycles. The Morgan fingerprint density at radius 3 is 1.90 bits per heavy atom. The minimum absolute atomic E-state index is 0.0892. The maximum Gasteiger partial charge on any atom is 0.264 e. The fraction of sp³-hybridized carbons (Fsp3) is 0.478. The van der Waals surface area contributed by atoms with E-state index in [-0.39, 0.29) is 17.1 Å². The van der Waals surface area contributed by atoms with Gasteiger partial charge < -0.3 is 4.43 Å². The van der Waals surface area contributed by atoms with E-state index in [4.69, 9.17) is 8.61 Å². The van der Waals surface area contributed by atoms with Gasteiger partial charge in [0, 0.05) is 12.5 Å². The molecule has 3 rings (SSSR count). The molecule has 4 nitrogen and oxygen atoms in total. The van der Waals surface area contributed by atoms with E-state index in [2.05, 4.69) is 69.3 Å². The van der Waals surface area contributed by atoms with Gasteiger partial charge in [-0.3, -0.25) is 4.18 Å². The van der Waals surface area contributed by atoms with Crippen molar-refractivity contribution in [3.05, 3.63) is 60.7 Å². The molecule has 0 radical (unpaired) electrons. The van der Waals surface area contributed by atoms with Crippen LogP contribution in [0.4, 0.5) is 0 Å². The average Bonchev–Trinajstić information content (AvgIpc) is 3.08. The maximum absolute atomic E-state index is 11.7. The van der Waals surface area contributed by atoms with Crippen LogP contribution in [0.25, 0.3) is 0 Å². The van der Waals surface area contributed by atoms with Crippen LogP contribution in [0.15, 0.2) is 60.7 Å². The third kappa shape index (κ3) is 4.99. The van der Waals surface area contributed by atoms with Gasteiger partial charge in [-0.25, -0.2) is 0 Å². The van der Waals surface area contributed by atoms with Gasteiger partial charge in [-0.15, -0.1) is 0 Å². The molecule has 6 heteroatoms. The second-order valence-electron chi connectivity index (χ2n) is 9.00. The Kier molecular flexibility index (Phi) is 6.68. The predicted molar refractivity (Wildman–Crippen MR) is 121 cm³/mol. The molecule has 1 aliphatic carbocycles. The molecule has 2 atom stereocenters. The van der Waals surface area contributed by atoms with Gasteiger partial charge in [-0.1, -0.05) is 87.9 Å². The molecule has 0 amide bonds. The third-order valence-corrected chi connectivity index (χ3v) is 11.4. The summed E-state index contributed by atoms with van der Waals surface area (Å²) in [7, 11) is -6.08. The molecule has 0 spiro atoms. The van der Waals surface area contributed by atoms with E-state index in [1.807, 2.05) is 12.1 Å². The third-order valence-electron chi connectivity index (χ3n) is 5.82. The van der Waals surface area contributed by atoms with Crippen LogP contribution < -0.4 is 10.4 Å². The van der Waals surface area contributed by atoms with Crippen LogP contribution in [0.2, 0.25) is 5.04 Å². The standard InChI is InChI=1S/C23H32O4SSi/c1-23(2,3)29(20-13-7-5-8-14-20,21-15-9-6-10-16-21)26-18-19-12-11-17-22(19)27-28(4,24)25/h5-10,13-16,19,22H,11-12,17-18H2,1-4H3/t19-,22+/m0/s1. The van der Waals surface area contributed by atoms with Crippen molar-refractivity contribution in [2.75, 3.05) is 12.9 Å². The zero-order valence-electron chi connectivity index (χ0n) is 17.8. The van der Waals surface area contributed by atoms with E-state index in [1.54, 1.807) is 0 Å². The van der Waals surface area contributed by atoms with Crippen LogP contribution in [0.1, 0.15) is 40.0 Å². The van der Waals surface area contributed by atoms with Crippen molar-refractivity contribution < 1.29 is 17.0 Å². The lowest BCUT2D eigenvalue weighted by Gasteiger charge is -2.43. The molecule has 0 bridgehead atoms. The minimum atomic E-state index is -3.47. The van der Waals surface area contributed by atoms with Gasteiger partial charge in [-0.05, 0) is 28.3 Å². The van der Waals surface area contributed by atoms with Gasteiger partial charge in [0.15, 0.2) is 0 Å². The van der Waals surface area contributed by atoms with Crippen LogP contribution in [0, 0.1) is 5.92 Å². The Hall–Kier alpha value is -1.47. The van der Waals surface area contributed by atoms with Crippen molar-refractivity contribution in [2.45, 2.75) is 51.2 Å². The highest BCUT2D eigenvalue weighted by molar-refractivity contribution is 7.86. The monoisotopic (exact) mass is 432 g/mol. The number of hydrogen-bond acceptors (Lipinski definition) is 4. The quantitative estimate of drug-likeness (QED) is 0.494. The van der Waals surface area contributed by atoms with Crippen LogP contribution in [-0.2, 0) is 18.7 Å². The first kappa shape index (κ1) is 22.2. The summed E-state index contributed by atoms with van der Waals surface area (Å²) in [5, 5.41) is 2.37. The van der Waals surface area contributed by atoms with Crippen molar-refractivity contribution in [3.8, 4) is 0 Å². The van der Waals surface area contributed by atoms with Crippen molar-refractivity contribution in [1.82, 2.24) is 0 Å². The second kappa shape index (κ2) is 8.72. The lowest BCUT2D eigenvalue weighted by Crippen LogP contribution is -2.67. The fourth-order valence-corrected chi connectivity index (χ4v) is 9.86. The normalized spacial score (nSPS) is 20.7. The zero-order valence-corrected chi connectivity index (χ0v) is 19.6. The van der Waals surface area contributed by atoms with E-state index in [1.165, 1.54) is 10.4 Å². The summed E-state index contributed by atoms with van der Waals surface area (Å²) in [5.41, 5.74) is 0. The van der Waals surface area contributed by atoms with E-state index < -0.39 is 18.4 Å². The molecule has 0 unspecified atom stereocenters. The zero-order chi connectivity index (χ0) is 21.1. The molecule has 1 aliphatic rings. The van der Waals surface area contributed by atoms with Crippen LogP contribution in [-0.4, -0.2) is 35.7 Å². The maximum atomic E-state index is 11.7. The predicted octanol–water partition coefficient (Wildman–Crippen LogP) is 3.71. The van der Waals surface area contributed by atoms with E-state index >= 15 is 0 Å². The largest absolute Gasteiger partial charge is 0.407 e. The molecular weight excluding hydrogens is 400 g/mol. The Morgan fingerprint density at radius 2 is 1.45 bits per heavy atom. The second-order valence-corrected chi connectivity index (χ2v) is 14.9. The van der Waals surface area contributed by atoms with Crippen molar-refractivity contribution in [1.29, 1.82) is 0 Å². The Morgan fingerprint density at radius 1 is 0.931 bits per heavy atom. The first-order valence-corrected chi connectivity index (χ1v) is 14.0. The highest BCUT2D eigenvalue weighted by atomic mass is 32.2. The highest BCUT2D eigenvalue weighted by Gasteiger charge is 2.50. The first-order valence-electron chi connectivity index (χ1n) is 10.3. The summed E-state index contributed by atoms with van der Waals surface area (Å²) in [6.45, 7) is 7.25. The lowest BCUT2D eigenvalue weighted by atomic mass is 10.1. The molecular formula is C23H32O4SSi. The lowest BCUT2D eigenvalue weighted by molar-refractivity contribution is 0.121. The molecule has 0 heterocycles. The van der Waals surface area contributed by atoms with Crippen molar-refractivity contribution >= 4 is 28.8 Å². The smallest absolute Gasteiger partial charge is 0.264 e. The van der Waals surface area contributed by atoms with Crippen LogP contribution in [0.5, 0.6) is 0 Å². The van der Waals surface area contributed by atoms with E-state index in [9.17, 15) is 8.42 Å². The number of rotatable bonds is 7. The molecule has 29 heavy (non-hydrogen) atoms. The van der Waals surface area contributed by atoms with Crippen LogP contribution >= 0.6 is 0 Å². The summed E-state index contributed by atoms with van der Waals surface area (Å²) < 4.78 is 35.7. The molecule has 0 aliphatic heterocycles. The van der Waals surface area contributed by atoms with Gasteiger partial charge >= 0.3 is 0 Å². The van der Waals surface area contributed by atoms with Gasteiger partial charge in [0.1, 0.15) is 0 Å². The summed E-state index contributed by atoms with van der Waals surface area (Å²) >= 11 is 0. The summed E-state index contributed by atoms with van der Waals surface area (Å²) in [5.74, 6) is 0.0892. The molecule has 2 aromatic carbocycles. The molecule has 0 aromatic heterocycles. The van der Waals surface area contributed by atoms with Crippen molar-refractivity contribution in [3.63, 3.8) is 0 Å². The van der Waals surface area contributed by atoms with Gasteiger partial charge in [0.25, 0.3) is 18.4 Å². The first-order chi connectivity index (χ1) is 13.6. The average molecular weight is 433 g/mol. The van der Waals surface area contributed by atoms with E-state index in [0.717, 1.165) is 25.5 Å². The summed E-state index contributed by atoms with van der Waals surface area (Å²) in [6, 6.07) is 21.0. The summed E-state index contributed by atoms with van der Waals surface area (Å²) in [4.78, 5) is 0. The molecule has 0 N–H and O–H groups in total. The van der Waals surface area contributed by atoms with Gasteiger partial charge in [0.05, 0.1) is 12.4 Å². The fourth-order valence-electron chi connectivity index (χ4n) is 4.54. The van der Waals surface area contributed by atoms with Gasteiger partial charge in [-0.2, -0.15) is 8.42 Å². The number of benzene rings is 2. The van der Waals surface area contributed by atoms with Crippen molar-refractivity contribution in [2.24, 2.45) is 5.92 Å². The SMILES string of the molecule is CC(C)(C)[Si](OC[C@@H]1CCC[C@H]1OS(C)(=O)=O)(c1ccccc1)c1ccccc1. The Bertz CT molecular complexity index is 852. The van der Waals surface area contributed by atoms with Crippen LogP contribution in [0.3, 0.4) is 0 Å². The molecule has 2 aromatic rings. The Labute approximate surface area is 176 Å². The van der Waals surface area contributed by atoms with Gasteiger partial charge in [0.2, 0.25) is 0 Å². The topological polar surface area (TPSA) is 52.6 Å². The Balaban J connectivity index is 1.98. The number of hydrogen-bond donors (Lipinski definition) is 0. The molecule has 158 valence electrons.